The van der Waals surface area contributed by atoms with E-state index >= 15 is 35.1 Å². The van der Waals surface area contributed by atoms with Crippen molar-refractivity contribution >= 4 is 64.0 Å². The molecule has 0 spiro atoms. The van der Waals surface area contributed by atoms with Gasteiger partial charge in [-0.2, -0.15) is 0 Å². The van der Waals surface area contributed by atoms with E-state index in [0.717, 1.165) is 23.1 Å². The Morgan fingerprint density at radius 3 is 0.631 bits per heavy atom. The van der Waals surface area contributed by atoms with Crippen LogP contribution in [-0.2, 0) is 32.3 Å². The summed E-state index contributed by atoms with van der Waals surface area (Å²) in [5.41, 5.74) is -13.0. The van der Waals surface area contributed by atoms with E-state index in [4.69, 9.17) is 0 Å². The van der Waals surface area contributed by atoms with Crippen LogP contribution in [0, 0.1) is 116 Å². The van der Waals surface area contributed by atoms with Gasteiger partial charge in [0.25, 0.3) is 0 Å². The Morgan fingerprint density at radius 2 is 0.440 bits per heavy atom. The van der Waals surface area contributed by atoms with E-state index in [9.17, 15) is 52.7 Å². The zero-order valence-electron chi connectivity index (χ0n) is 44.1. The van der Waals surface area contributed by atoms with Crippen molar-refractivity contribution in [3.8, 4) is 0 Å². The smallest absolute Gasteiger partial charge is 0.207 e. The number of benzene rings is 8. The fraction of sp³-hybridized carbons (Fsp3) is 0.133. The average Bonchev–Trinajstić information content (AvgIpc) is 0.698. The fourth-order valence-electron chi connectivity index (χ4n) is 10.6. The molecule has 2 heterocycles. The van der Waals surface area contributed by atoms with Crippen LogP contribution in [0.2, 0.25) is 0 Å². The van der Waals surface area contributed by atoms with Gasteiger partial charge in [-0.05, 0) is 70.5 Å². The number of hydrogen-bond acceptors (Lipinski definition) is 0. The molecular weight excluding hydrogens is 1190 g/mol. The lowest BCUT2D eigenvalue weighted by Gasteiger charge is -2.47. The van der Waals surface area contributed by atoms with E-state index in [2.05, 4.69) is 0 Å². The molecule has 84 heavy (non-hydrogen) atoms. The van der Waals surface area contributed by atoms with Crippen molar-refractivity contribution in [3.63, 3.8) is 0 Å². The number of rotatable bonds is 8. The quantitative estimate of drug-likeness (QED) is 0.0468. The Hall–Kier alpha value is -7.33. The molecule has 24 heteroatoms. The maximum absolute atomic E-state index is 15.5. The predicted molar refractivity (Wildman–Crippen MR) is 285 cm³/mol. The third kappa shape index (κ3) is 9.49. The van der Waals surface area contributed by atoms with Gasteiger partial charge in [0, 0.05) is 11.1 Å². The average molecular weight is 1220 g/mol. The third-order valence-corrected chi connectivity index (χ3v) is 20.7. The molecular formula is C60H38B2F20S2. The summed E-state index contributed by atoms with van der Waals surface area (Å²) >= 11 is 0. The first-order valence-electron chi connectivity index (χ1n) is 24.9. The van der Waals surface area contributed by atoms with Gasteiger partial charge >= 0.3 is 10.8 Å². The summed E-state index contributed by atoms with van der Waals surface area (Å²) in [5.74, 6) is -47.4. The zero-order valence-corrected chi connectivity index (χ0v) is 45.7. The van der Waals surface area contributed by atoms with Crippen molar-refractivity contribution < 1.29 is 87.8 Å². The van der Waals surface area contributed by atoms with Crippen LogP contribution in [0.25, 0.3) is 9.81 Å². The van der Waals surface area contributed by atoms with E-state index < -0.39 is 171 Å². The lowest BCUT2D eigenvalue weighted by Crippen LogP contribution is -2.72. The standard InChI is InChI=1S/2C30H19BF10S/c2*1-30(2,3)15-11-9-14(10-12-15)17-13-31(42(17)16-7-5-4-6-8-16,18-20(32)24(36)28(40)25(37)21(18)33)19-22(34)26(38)29(41)27(39)23(19)35/h2*4-13H,1-3H3. The van der Waals surface area contributed by atoms with Gasteiger partial charge in [-0.3, -0.25) is 0 Å². The van der Waals surface area contributed by atoms with Crippen LogP contribution in [0.3, 0.4) is 0 Å². The summed E-state index contributed by atoms with van der Waals surface area (Å²) in [6.45, 7) is 11.6. The normalized spacial score (nSPS) is 16.3. The van der Waals surface area contributed by atoms with E-state index in [1.807, 2.05) is 41.5 Å². The summed E-state index contributed by atoms with van der Waals surface area (Å²) in [6, 6.07) is 27.5. The van der Waals surface area contributed by atoms with Crippen LogP contribution >= 0.6 is 0 Å². The van der Waals surface area contributed by atoms with Gasteiger partial charge in [0.1, 0.15) is 56.3 Å². The maximum atomic E-state index is 15.5. The monoisotopic (exact) mass is 1220 g/mol. The van der Waals surface area contributed by atoms with Crippen molar-refractivity contribution in [2.45, 2.75) is 62.2 Å². The predicted octanol–water partition coefficient (Wildman–Crippen LogP) is 15.4. The summed E-state index contributed by atoms with van der Waals surface area (Å²) < 4.78 is 297. The topological polar surface area (TPSA) is 0 Å². The van der Waals surface area contributed by atoms with Crippen LogP contribution in [0.15, 0.2) is 131 Å². The van der Waals surface area contributed by atoms with Gasteiger partial charge in [0.15, 0.2) is 69.8 Å². The molecule has 0 aliphatic carbocycles. The molecule has 2 aliphatic heterocycles. The first-order chi connectivity index (χ1) is 39.3. The molecule has 0 aromatic heterocycles. The van der Waals surface area contributed by atoms with Crippen molar-refractivity contribution in [2.24, 2.45) is 0 Å². The van der Waals surface area contributed by atoms with Crippen LogP contribution in [0.5, 0.6) is 0 Å². The molecule has 2 aliphatic rings. The van der Waals surface area contributed by atoms with Crippen LogP contribution < -0.4 is 21.9 Å². The second-order valence-corrected chi connectivity index (χ2v) is 26.3. The molecule has 2 atom stereocenters. The van der Waals surface area contributed by atoms with Gasteiger partial charge in [-0.25, -0.2) is 87.8 Å². The van der Waals surface area contributed by atoms with Crippen LogP contribution in [0.4, 0.5) is 87.8 Å². The van der Waals surface area contributed by atoms with Gasteiger partial charge in [-0.1, -0.05) is 124 Å². The highest BCUT2D eigenvalue weighted by Crippen LogP contribution is 2.50. The minimum absolute atomic E-state index is 0.0998. The minimum Gasteiger partial charge on any atom is -0.207 e. The SMILES string of the molecule is CC(C)(C)c1ccc(C2=C[B-](c3c(F)c(F)c(F)c(F)c3F)(c3c(F)c(F)c(F)c(F)c3F)[S+]2c2ccccc2)cc1.CC(C)(C)c1ccc(C2=C[B-](c3c(F)c(F)c(F)c(F)c3F)(c3c(F)c(F)c(F)c(F)c3F)[S+]2c2ccccc2)cc1. The Bertz CT molecular complexity index is 3530. The maximum Gasteiger partial charge on any atom is 0.324 e. The second-order valence-electron chi connectivity index (χ2n) is 21.7. The van der Waals surface area contributed by atoms with Crippen LogP contribution in [0.1, 0.15) is 63.8 Å². The van der Waals surface area contributed by atoms with Gasteiger partial charge < -0.3 is 0 Å². The largest absolute Gasteiger partial charge is 0.324 e. The first-order valence-corrected chi connectivity index (χ1v) is 27.5. The van der Waals surface area contributed by atoms with Crippen molar-refractivity contribution in [3.05, 3.63) is 260 Å². The molecule has 0 radical (unpaired) electrons. The van der Waals surface area contributed by atoms with Crippen molar-refractivity contribution in [1.29, 1.82) is 0 Å². The zero-order chi connectivity index (χ0) is 61.8. The Balaban J connectivity index is 0.000000202. The minimum atomic E-state index is -4.03. The molecule has 8 aromatic carbocycles. The Kier molecular flexibility index (Phi) is 16.0. The summed E-state index contributed by atoms with van der Waals surface area (Å²) in [7, 11) is -4.02. The van der Waals surface area contributed by atoms with Crippen LogP contribution in [-0.4, -0.2) is 10.8 Å². The Morgan fingerprint density at radius 1 is 0.250 bits per heavy atom. The number of hydrogen-bond donors (Lipinski definition) is 0. The molecule has 8 aromatic rings. The molecule has 2 unspecified atom stereocenters. The molecule has 436 valence electrons. The molecule has 0 saturated heterocycles. The molecule has 0 amide bonds. The third-order valence-electron chi connectivity index (χ3n) is 14.7. The highest BCUT2D eigenvalue weighted by atomic mass is 32.2. The lowest BCUT2D eigenvalue weighted by molar-refractivity contribution is 0.382. The number of halogens is 20. The van der Waals surface area contributed by atoms with E-state index in [1.165, 1.54) is 60.7 Å². The summed E-state index contributed by atoms with van der Waals surface area (Å²) in [5, 5.41) is 0. The second kappa shape index (κ2) is 21.9. The van der Waals surface area contributed by atoms with E-state index in [-0.39, 0.29) is 30.4 Å². The highest BCUT2D eigenvalue weighted by Gasteiger charge is 2.63. The molecule has 0 N–H and O–H groups in total. The van der Waals surface area contributed by atoms with E-state index in [1.54, 1.807) is 48.5 Å². The van der Waals surface area contributed by atoms with Gasteiger partial charge in [0.05, 0.1) is 9.81 Å². The van der Waals surface area contributed by atoms with E-state index in [0.29, 0.717) is 11.1 Å². The van der Waals surface area contributed by atoms with Gasteiger partial charge in [0.2, 0.25) is 0 Å². The molecule has 0 nitrogen and oxygen atoms in total. The molecule has 10 rings (SSSR count). The lowest BCUT2D eigenvalue weighted by atomic mass is 9.36. The molecule has 0 fully saturated rings. The fourth-order valence-corrected chi connectivity index (χ4v) is 17.0. The summed E-state index contributed by atoms with van der Waals surface area (Å²) in [4.78, 5) is 0.495. The highest BCUT2D eigenvalue weighted by molar-refractivity contribution is 8.39. The molecule has 0 bridgehead atoms. The Labute approximate surface area is 471 Å². The van der Waals surface area contributed by atoms with Gasteiger partial charge in [-0.15, -0.1) is 33.4 Å². The summed E-state index contributed by atoms with van der Waals surface area (Å²) in [6.07, 6.45) is 0. The molecule has 0 saturated carbocycles. The van der Waals surface area contributed by atoms with Crippen molar-refractivity contribution in [1.82, 2.24) is 0 Å². The van der Waals surface area contributed by atoms with Crippen molar-refractivity contribution in [2.75, 3.05) is 0 Å². The first kappa shape index (κ1) is 61.2.